The van der Waals surface area contributed by atoms with Gasteiger partial charge in [-0.15, -0.1) is 0 Å². The summed E-state index contributed by atoms with van der Waals surface area (Å²) in [7, 11) is 0. The van der Waals surface area contributed by atoms with Gasteiger partial charge in [-0.3, -0.25) is 14.6 Å². The van der Waals surface area contributed by atoms with Crippen LogP contribution in [0, 0.1) is 12.8 Å². The fraction of sp³-hybridized carbons (Fsp3) is 0.333. The molecule has 32 heavy (non-hydrogen) atoms. The highest BCUT2D eigenvalue weighted by atomic mass is 16.2. The lowest BCUT2D eigenvalue weighted by Crippen LogP contribution is -2.41. The Bertz CT molecular complexity index is 1070. The van der Waals surface area contributed by atoms with Gasteiger partial charge in [-0.05, 0) is 43.5 Å². The number of nitrogens with zero attached hydrogens (tertiary/aromatic N) is 4. The first-order valence-electron chi connectivity index (χ1n) is 10.9. The van der Waals surface area contributed by atoms with Crippen LogP contribution in [0.3, 0.4) is 0 Å². The number of hydrogen-bond donors (Lipinski definition) is 2. The Morgan fingerprint density at radius 3 is 2.50 bits per heavy atom. The third-order valence-electron chi connectivity index (χ3n) is 5.69. The number of benzene rings is 1. The molecule has 3 aromatic rings. The second-order valence-corrected chi connectivity index (χ2v) is 8.05. The van der Waals surface area contributed by atoms with Crippen molar-refractivity contribution in [1.29, 1.82) is 0 Å². The molecular weight excluding hydrogens is 404 g/mol. The van der Waals surface area contributed by atoms with Gasteiger partial charge in [0.1, 0.15) is 5.69 Å². The average Bonchev–Trinajstić information content (AvgIpc) is 3.14. The van der Waals surface area contributed by atoms with Crippen molar-refractivity contribution >= 4 is 23.3 Å². The number of anilines is 2. The minimum absolute atomic E-state index is 0.0404. The number of para-hydroxylation sites is 1. The highest BCUT2D eigenvalue weighted by Gasteiger charge is 2.29. The molecule has 0 radical (unpaired) electrons. The summed E-state index contributed by atoms with van der Waals surface area (Å²) in [5.74, 6) is 0.759. The molecule has 0 bridgehead atoms. The lowest BCUT2D eigenvalue weighted by atomic mass is 9.95. The van der Waals surface area contributed by atoms with E-state index in [0.717, 1.165) is 41.3 Å². The van der Waals surface area contributed by atoms with Gasteiger partial charge in [-0.1, -0.05) is 24.3 Å². The van der Waals surface area contributed by atoms with Crippen molar-refractivity contribution in [3.05, 3.63) is 66.1 Å². The van der Waals surface area contributed by atoms with Gasteiger partial charge in [0.2, 0.25) is 11.8 Å². The number of aromatic nitrogens is 3. The van der Waals surface area contributed by atoms with E-state index >= 15 is 0 Å². The van der Waals surface area contributed by atoms with E-state index in [-0.39, 0.29) is 17.7 Å². The molecule has 2 amide bonds. The minimum atomic E-state index is -0.133. The van der Waals surface area contributed by atoms with Crippen LogP contribution in [0.1, 0.15) is 31.0 Å². The fourth-order valence-corrected chi connectivity index (χ4v) is 4.07. The van der Waals surface area contributed by atoms with E-state index in [2.05, 4.69) is 20.5 Å². The maximum absolute atomic E-state index is 12.7. The summed E-state index contributed by atoms with van der Waals surface area (Å²) in [6, 6.07) is 13.7. The number of piperidine rings is 1. The van der Waals surface area contributed by atoms with Crippen LogP contribution in [0.5, 0.6) is 0 Å². The maximum Gasteiger partial charge on any atom is 0.223 e. The van der Waals surface area contributed by atoms with Crippen molar-refractivity contribution in [2.75, 3.05) is 23.3 Å². The Morgan fingerprint density at radius 1 is 1.09 bits per heavy atom. The summed E-state index contributed by atoms with van der Waals surface area (Å²) < 4.78 is 1.88. The Morgan fingerprint density at radius 2 is 1.84 bits per heavy atom. The number of amides is 2. The largest absolute Gasteiger partial charge is 0.355 e. The Hall–Kier alpha value is -3.68. The quantitative estimate of drug-likeness (QED) is 0.625. The summed E-state index contributed by atoms with van der Waals surface area (Å²) in [5, 5.41) is 10.7. The van der Waals surface area contributed by atoms with E-state index in [1.165, 1.54) is 6.92 Å². The second-order valence-electron chi connectivity index (χ2n) is 8.05. The smallest absolute Gasteiger partial charge is 0.223 e. The molecular formula is C24H28N6O2. The van der Waals surface area contributed by atoms with Crippen LogP contribution < -0.4 is 15.5 Å². The van der Waals surface area contributed by atoms with Crippen LogP contribution >= 0.6 is 0 Å². The average molecular weight is 433 g/mol. The van der Waals surface area contributed by atoms with Crippen LogP contribution in [-0.2, 0) is 16.1 Å². The summed E-state index contributed by atoms with van der Waals surface area (Å²) in [5.41, 5.74) is 3.40. The molecule has 2 aromatic heterocycles. The molecule has 0 unspecified atom stereocenters. The molecule has 0 spiro atoms. The van der Waals surface area contributed by atoms with Gasteiger partial charge in [-0.25, -0.2) is 4.68 Å². The minimum Gasteiger partial charge on any atom is -0.355 e. The molecule has 1 aromatic carbocycles. The maximum atomic E-state index is 12.7. The first-order chi connectivity index (χ1) is 15.5. The van der Waals surface area contributed by atoms with Crippen molar-refractivity contribution in [3.63, 3.8) is 0 Å². The molecule has 4 rings (SSSR count). The summed E-state index contributed by atoms with van der Waals surface area (Å²) in [6.07, 6.45) is 4.95. The highest BCUT2D eigenvalue weighted by molar-refractivity contribution is 5.93. The normalized spacial score (nSPS) is 14.2. The van der Waals surface area contributed by atoms with Crippen molar-refractivity contribution in [2.45, 2.75) is 33.2 Å². The van der Waals surface area contributed by atoms with E-state index in [1.807, 2.05) is 54.1 Å². The zero-order valence-electron chi connectivity index (χ0n) is 18.4. The molecule has 166 valence electrons. The number of carbonyl (C=O) groups excluding carboxylic acids is 2. The molecule has 0 aliphatic carbocycles. The Labute approximate surface area is 187 Å². The van der Waals surface area contributed by atoms with E-state index in [1.54, 1.807) is 12.4 Å². The Kier molecular flexibility index (Phi) is 6.49. The molecule has 1 saturated heterocycles. The van der Waals surface area contributed by atoms with Crippen LogP contribution in [0.4, 0.5) is 11.5 Å². The van der Waals surface area contributed by atoms with Gasteiger partial charge in [0.05, 0.1) is 11.4 Å². The summed E-state index contributed by atoms with van der Waals surface area (Å²) in [4.78, 5) is 30.8. The molecule has 1 aliphatic heterocycles. The molecule has 8 nitrogen and oxygen atoms in total. The fourth-order valence-electron chi connectivity index (χ4n) is 4.07. The third-order valence-corrected chi connectivity index (χ3v) is 5.69. The zero-order chi connectivity index (χ0) is 22.5. The number of aryl methyl sites for hydroxylation is 1. The topological polar surface area (TPSA) is 92.2 Å². The lowest BCUT2D eigenvalue weighted by molar-refractivity contribution is -0.125. The van der Waals surface area contributed by atoms with Crippen molar-refractivity contribution in [3.8, 4) is 5.69 Å². The standard InChI is InChI=1S/C24H28N6O2/c1-17-22(27-18(2)31)24(30(28-17)21-8-4-3-5-9-21)29-13-10-20(11-14-29)23(32)26-16-19-7-6-12-25-15-19/h3-9,12,15,20H,10-11,13-14,16H2,1-2H3,(H,26,32)(H,27,31). The SMILES string of the molecule is CC(=O)Nc1c(C)nn(-c2ccccc2)c1N1CCC(C(=O)NCc2cccnc2)CC1. The van der Waals surface area contributed by atoms with Crippen molar-refractivity contribution in [2.24, 2.45) is 5.92 Å². The number of nitrogens with one attached hydrogen (secondary N) is 2. The number of rotatable bonds is 6. The lowest BCUT2D eigenvalue weighted by Gasteiger charge is -2.33. The van der Waals surface area contributed by atoms with E-state index in [0.29, 0.717) is 19.6 Å². The molecule has 0 atom stereocenters. The van der Waals surface area contributed by atoms with Gasteiger partial charge >= 0.3 is 0 Å². The summed E-state index contributed by atoms with van der Waals surface area (Å²) in [6.45, 7) is 5.29. The molecule has 2 N–H and O–H groups in total. The molecule has 1 aliphatic rings. The summed E-state index contributed by atoms with van der Waals surface area (Å²) >= 11 is 0. The first kappa shape index (κ1) is 21.5. The number of hydrogen-bond acceptors (Lipinski definition) is 5. The zero-order valence-corrected chi connectivity index (χ0v) is 18.4. The third kappa shape index (κ3) is 4.80. The highest BCUT2D eigenvalue weighted by Crippen LogP contribution is 2.34. The predicted molar refractivity (Wildman–Crippen MR) is 124 cm³/mol. The molecule has 8 heteroatoms. The molecule has 1 fully saturated rings. The van der Waals surface area contributed by atoms with E-state index in [9.17, 15) is 9.59 Å². The van der Waals surface area contributed by atoms with E-state index < -0.39 is 0 Å². The molecule has 0 saturated carbocycles. The number of pyridine rings is 1. The van der Waals surface area contributed by atoms with Gasteiger partial charge < -0.3 is 15.5 Å². The van der Waals surface area contributed by atoms with E-state index in [4.69, 9.17) is 5.10 Å². The van der Waals surface area contributed by atoms with Gasteiger partial charge in [0.15, 0.2) is 5.82 Å². The van der Waals surface area contributed by atoms with Crippen molar-refractivity contribution < 1.29 is 9.59 Å². The van der Waals surface area contributed by atoms with Crippen LogP contribution in [0.25, 0.3) is 5.69 Å². The monoisotopic (exact) mass is 432 g/mol. The second kappa shape index (κ2) is 9.64. The Balaban J connectivity index is 1.49. The van der Waals surface area contributed by atoms with Gasteiger partial charge in [-0.2, -0.15) is 5.10 Å². The van der Waals surface area contributed by atoms with Gasteiger partial charge in [0, 0.05) is 44.9 Å². The van der Waals surface area contributed by atoms with Crippen LogP contribution in [0.15, 0.2) is 54.9 Å². The van der Waals surface area contributed by atoms with Gasteiger partial charge in [0.25, 0.3) is 0 Å². The van der Waals surface area contributed by atoms with Crippen LogP contribution in [-0.4, -0.2) is 39.7 Å². The molecule has 3 heterocycles. The van der Waals surface area contributed by atoms with Crippen molar-refractivity contribution in [1.82, 2.24) is 20.1 Å². The number of carbonyl (C=O) groups is 2. The van der Waals surface area contributed by atoms with Crippen LogP contribution in [0.2, 0.25) is 0 Å². The first-order valence-corrected chi connectivity index (χ1v) is 10.9. The predicted octanol–water partition coefficient (Wildman–Crippen LogP) is 3.07.